The number of hydrogen-bond donors (Lipinski definition) is 1. The fourth-order valence-electron chi connectivity index (χ4n) is 3.70. The Morgan fingerprint density at radius 1 is 1.22 bits per heavy atom. The first-order valence-electron chi connectivity index (χ1n) is 11.3. The maximum Gasteiger partial charge on any atom is 0.303 e. The van der Waals surface area contributed by atoms with Gasteiger partial charge in [-0.25, -0.2) is 0 Å². The van der Waals surface area contributed by atoms with E-state index in [-0.39, 0.29) is 39.4 Å². The Morgan fingerprint density at radius 2 is 2.00 bits per heavy atom. The summed E-state index contributed by atoms with van der Waals surface area (Å²) in [5.41, 5.74) is 0.801. The zero-order valence-electron chi connectivity index (χ0n) is 19.6. The van der Waals surface area contributed by atoms with E-state index in [1.54, 1.807) is 24.4 Å². The van der Waals surface area contributed by atoms with Crippen molar-refractivity contribution < 1.29 is 19.4 Å². The number of aromatic nitrogens is 2. The molecule has 12 heteroatoms. The van der Waals surface area contributed by atoms with E-state index in [0.29, 0.717) is 40.8 Å². The van der Waals surface area contributed by atoms with Crippen molar-refractivity contribution in [2.45, 2.75) is 32.6 Å². The number of carboxylic acid groups (broad SMARTS) is 1. The number of unbranched alkanes of at least 4 members (excludes halogenated alkanes) is 2. The standard InChI is InChI=1S/C25H21Cl2N3O5S2/c1-14-6-5-11-29-21(14)28-22(35-18-9-8-15(26)12-17(18)27)16(23(29)33)13-19-24(34)30(25(36)37-19)10-4-2-3-7-20(31)32/h5-6,8-9,11-13H,2-4,7,10H2,1H3,(H,31,32)/b19-13+. The summed E-state index contributed by atoms with van der Waals surface area (Å²) in [5.74, 6) is -0.948. The summed E-state index contributed by atoms with van der Waals surface area (Å²) in [6.07, 6.45) is 4.89. The van der Waals surface area contributed by atoms with Gasteiger partial charge in [0, 0.05) is 24.2 Å². The summed E-state index contributed by atoms with van der Waals surface area (Å²) in [4.78, 5) is 43.6. The summed E-state index contributed by atoms with van der Waals surface area (Å²) in [5, 5.41) is 9.44. The van der Waals surface area contributed by atoms with Crippen LogP contribution in [0.2, 0.25) is 10.0 Å². The zero-order valence-corrected chi connectivity index (χ0v) is 22.7. The molecule has 1 saturated heterocycles. The van der Waals surface area contributed by atoms with Crippen molar-refractivity contribution in [3.05, 3.63) is 73.0 Å². The lowest BCUT2D eigenvalue weighted by Crippen LogP contribution is -2.29. The maximum atomic E-state index is 13.5. The van der Waals surface area contributed by atoms with Gasteiger partial charge in [0.15, 0.2) is 0 Å². The number of benzene rings is 1. The number of halogens is 2. The summed E-state index contributed by atoms with van der Waals surface area (Å²) in [7, 11) is 0. The van der Waals surface area contributed by atoms with Crippen LogP contribution in [0.15, 0.2) is 46.2 Å². The van der Waals surface area contributed by atoms with Crippen molar-refractivity contribution >= 4 is 75.1 Å². The third-order valence-electron chi connectivity index (χ3n) is 5.57. The second-order valence-corrected chi connectivity index (χ2v) is 10.8. The molecule has 1 aliphatic rings. The number of rotatable bonds is 9. The lowest BCUT2D eigenvalue weighted by molar-refractivity contribution is -0.137. The van der Waals surface area contributed by atoms with Gasteiger partial charge in [-0.3, -0.25) is 23.7 Å². The van der Waals surface area contributed by atoms with Crippen LogP contribution in [-0.2, 0) is 9.59 Å². The third-order valence-corrected chi connectivity index (χ3v) is 7.48. The lowest BCUT2D eigenvalue weighted by Gasteiger charge is -2.14. The fourth-order valence-corrected chi connectivity index (χ4v) is 5.44. The van der Waals surface area contributed by atoms with Crippen LogP contribution in [0.3, 0.4) is 0 Å². The molecule has 0 bridgehead atoms. The number of amides is 1. The van der Waals surface area contributed by atoms with E-state index in [4.69, 9.17) is 45.3 Å². The van der Waals surface area contributed by atoms with Gasteiger partial charge in [-0.2, -0.15) is 4.98 Å². The summed E-state index contributed by atoms with van der Waals surface area (Å²) < 4.78 is 7.73. The quantitative estimate of drug-likeness (QED) is 0.189. The van der Waals surface area contributed by atoms with Crippen LogP contribution in [0.5, 0.6) is 11.6 Å². The first-order chi connectivity index (χ1) is 17.7. The minimum Gasteiger partial charge on any atom is -0.481 e. The SMILES string of the molecule is Cc1cccn2c(=O)c(/C=C3/SC(=S)N(CCCCCC(=O)O)C3=O)c(Oc3ccc(Cl)cc3Cl)nc12. The molecule has 4 rings (SSSR count). The monoisotopic (exact) mass is 577 g/mol. The summed E-state index contributed by atoms with van der Waals surface area (Å²) in [6.45, 7) is 2.18. The molecular formula is C25H21Cl2N3O5S2. The molecule has 37 heavy (non-hydrogen) atoms. The molecule has 0 saturated carbocycles. The smallest absolute Gasteiger partial charge is 0.303 e. The number of pyridine rings is 1. The molecule has 1 fully saturated rings. The van der Waals surface area contributed by atoms with Crippen molar-refractivity contribution in [2.24, 2.45) is 0 Å². The van der Waals surface area contributed by atoms with Gasteiger partial charge in [-0.15, -0.1) is 0 Å². The highest BCUT2D eigenvalue weighted by Crippen LogP contribution is 2.36. The molecule has 2 aromatic heterocycles. The van der Waals surface area contributed by atoms with Crippen molar-refractivity contribution in [3.8, 4) is 11.6 Å². The molecule has 3 heterocycles. The van der Waals surface area contributed by atoms with Crippen LogP contribution in [0.25, 0.3) is 11.7 Å². The van der Waals surface area contributed by atoms with Crippen molar-refractivity contribution in [1.82, 2.24) is 14.3 Å². The molecule has 3 aromatic rings. The third kappa shape index (κ3) is 6.15. The van der Waals surface area contributed by atoms with E-state index >= 15 is 0 Å². The van der Waals surface area contributed by atoms with Gasteiger partial charge in [0.2, 0.25) is 5.88 Å². The van der Waals surface area contributed by atoms with Crippen LogP contribution < -0.4 is 10.3 Å². The number of hydrogen-bond acceptors (Lipinski definition) is 7. The van der Waals surface area contributed by atoms with Crippen LogP contribution in [0.1, 0.15) is 36.8 Å². The summed E-state index contributed by atoms with van der Waals surface area (Å²) in [6, 6.07) is 8.24. The molecule has 1 aliphatic heterocycles. The Morgan fingerprint density at radius 3 is 2.73 bits per heavy atom. The predicted octanol–water partition coefficient (Wildman–Crippen LogP) is 5.95. The normalized spacial score (nSPS) is 14.7. The largest absolute Gasteiger partial charge is 0.481 e. The number of ether oxygens (including phenoxy) is 1. The Labute approximate surface area is 231 Å². The van der Waals surface area contributed by atoms with Crippen LogP contribution in [0.4, 0.5) is 0 Å². The van der Waals surface area contributed by atoms with Crippen molar-refractivity contribution in [3.63, 3.8) is 0 Å². The molecule has 0 atom stereocenters. The van der Waals surface area contributed by atoms with E-state index < -0.39 is 11.5 Å². The molecular weight excluding hydrogens is 557 g/mol. The number of thiocarbonyl (C=S) groups is 1. The molecule has 8 nitrogen and oxygen atoms in total. The Bertz CT molecular complexity index is 1510. The number of aryl methyl sites for hydroxylation is 1. The van der Waals surface area contributed by atoms with E-state index in [0.717, 1.165) is 17.3 Å². The van der Waals surface area contributed by atoms with Gasteiger partial charge in [0.25, 0.3) is 11.5 Å². The molecule has 0 aliphatic carbocycles. The van der Waals surface area contributed by atoms with Gasteiger partial charge >= 0.3 is 5.97 Å². The Kier molecular flexibility index (Phi) is 8.53. The second kappa shape index (κ2) is 11.6. The van der Waals surface area contributed by atoms with E-state index in [1.807, 2.05) is 13.0 Å². The Balaban J connectivity index is 1.69. The number of aliphatic carboxylic acids is 1. The topological polar surface area (TPSA) is 101 Å². The molecule has 1 aromatic carbocycles. The van der Waals surface area contributed by atoms with Crippen molar-refractivity contribution in [2.75, 3.05) is 6.54 Å². The number of carbonyl (C=O) groups is 2. The first kappa shape index (κ1) is 27.1. The number of carbonyl (C=O) groups excluding carboxylic acids is 1. The predicted molar refractivity (Wildman–Crippen MR) is 149 cm³/mol. The van der Waals surface area contributed by atoms with E-state index in [9.17, 15) is 14.4 Å². The van der Waals surface area contributed by atoms with Gasteiger partial charge in [0.1, 0.15) is 21.3 Å². The zero-order chi connectivity index (χ0) is 26.7. The van der Waals surface area contributed by atoms with Gasteiger partial charge in [-0.05, 0) is 55.7 Å². The first-order valence-corrected chi connectivity index (χ1v) is 13.3. The molecule has 0 unspecified atom stereocenters. The second-order valence-electron chi connectivity index (χ2n) is 8.24. The fraction of sp³-hybridized carbons (Fsp3) is 0.240. The summed E-state index contributed by atoms with van der Waals surface area (Å²) >= 11 is 18.8. The highest BCUT2D eigenvalue weighted by molar-refractivity contribution is 8.26. The van der Waals surface area contributed by atoms with Gasteiger partial charge in [-0.1, -0.05) is 59.7 Å². The molecule has 192 valence electrons. The highest BCUT2D eigenvalue weighted by atomic mass is 35.5. The maximum absolute atomic E-state index is 13.5. The molecule has 0 spiro atoms. The average molecular weight is 578 g/mol. The van der Waals surface area contributed by atoms with Crippen LogP contribution in [-0.4, -0.2) is 42.1 Å². The highest BCUT2D eigenvalue weighted by Gasteiger charge is 2.32. The van der Waals surface area contributed by atoms with Gasteiger partial charge in [0.05, 0.1) is 9.93 Å². The van der Waals surface area contributed by atoms with E-state index in [1.165, 1.54) is 21.4 Å². The number of nitrogens with zero attached hydrogens (tertiary/aromatic N) is 3. The van der Waals surface area contributed by atoms with Crippen molar-refractivity contribution in [1.29, 1.82) is 0 Å². The lowest BCUT2D eigenvalue weighted by atomic mass is 10.2. The molecule has 1 amide bonds. The van der Waals surface area contributed by atoms with Gasteiger partial charge < -0.3 is 9.84 Å². The molecule has 0 radical (unpaired) electrons. The minimum absolute atomic E-state index is 0.0116. The number of fused-ring (bicyclic) bond motifs is 1. The number of carboxylic acids is 1. The Hall–Kier alpha value is -2.92. The number of thioether (sulfide) groups is 1. The minimum atomic E-state index is -0.850. The van der Waals surface area contributed by atoms with Crippen LogP contribution in [0, 0.1) is 6.92 Å². The average Bonchev–Trinajstić information content (AvgIpc) is 3.10. The van der Waals surface area contributed by atoms with Crippen LogP contribution >= 0.6 is 47.2 Å². The molecule has 1 N–H and O–H groups in total. The van der Waals surface area contributed by atoms with E-state index in [2.05, 4.69) is 4.98 Å².